The van der Waals surface area contributed by atoms with Gasteiger partial charge in [0, 0.05) is 23.2 Å². The van der Waals surface area contributed by atoms with E-state index < -0.39 is 12.4 Å². The first-order valence-electron chi connectivity index (χ1n) is 14.1. The van der Waals surface area contributed by atoms with E-state index in [1.165, 1.54) is 58.7 Å². The molecule has 1 atom stereocenters. The summed E-state index contributed by atoms with van der Waals surface area (Å²) < 4.78 is 58.5. The van der Waals surface area contributed by atoms with Crippen LogP contribution in [-0.2, 0) is 0 Å². The summed E-state index contributed by atoms with van der Waals surface area (Å²) in [6.45, 7) is 8.23. The number of benzene rings is 3. The number of urea groups is 1. The van der Waals surface area contributed by atoms with Crippen LogP contribution in [0.3, 0.4) is 0 Å². The molecule has 0 aliphatic rings. The Bertz CT molecular complexity index is 1860. The Kier molecular flexibility index (Phi) is 9.19. The van der Waals surface area contributed by atoms with Gasteiger partial charge in [-0.2, -0.15) is 4.99 Å². The van der Waals surface area contributed by atoms with E-state index in [0.29, 0.717) is 22.9 Å². The number of hydrogen-bond donors (Lipinski definition) is 1. The molecule has 0 saturated heterocycles. The molecule has 1 unspecified atom stereocenters. The minimum atomic E-state index is -4.76. The summed E-state index contributed by atoms with van der Waals surface area (Å²) in [7, 11) is 0. The van der Waals surface area contributed by atoms with Crippen LogP contribution in [-0.4, -0.2) is 38.3 Å². The number of thiazole rings is 1. The Morgan fingerprint density at radius 3 is 2.42 bits per heavy atom. The third-order valence-electron chi connectivity index (χ3n) is 7.05. The van der Waals surface area contributed by atoms with Gasteiger partial charge < -0.3 is 10.1 Å². The van der Waals surface area contributed by atoms with Gasteiger partial charge in [0.25, 0.3) is 0 Å². The predicted molar refractivity (Wildman–Crippen MR) is 163 cm³/mol. The first-order valence-corrected chi connectivity index (χ1v) is 14.9. The van der Waals surface area contributed by atoms with Gasteiger partial charge in [-0.15, -0.1) is 29.6 Å². The third kappa shape index (κ3) is 7.66. The van der Waals surface area contributed by atoms with Gasteiger partial charge in [0.15, 0.2) is 10.6 Å². The summed E-state index contributed by atoms with van der Waals surface area (Å²) >= 11 is 1.34. The van der Waals surface area contributed by atoms with Crippen LogP contribution in [0.25, 0.3) is 22.8 Å². The Morgan fingerprint density at radius 2 is 1.76 bits per heavy atom. The van der Waals surface area contributed by atoms with E-state index in [9.17, 15) is 22.4 Å². The predicted octanol–water partition coefficient (Wildman–Crippen LogP) is 7.67. The molecular weight excluding hydrogens is 608 g/mol. The summed E-state index contributed by atoms with van der Waals surface area (Å²) in [5.41, 5.74) is 4.76. The van der Waals surface area contributed by atoms with Gasteiger partial charge in [0.05, 0.1) is 11.4 Å². The first kappa shape index (κ1) is 31.6. The van der Waals surface area contributed by atoms with Crippen molar-refractivity contribution in [2.45, 2.75) is 45.9 Å². The van der Waals surface area contributed by atoms with Crippen LogP contribution in [0.1, 0.15) is 49.4 Å². The minimum Gasteiger partial charge on any atom is -0.406 e. The maximum atomic E-state index is 14.0. The quantitative estimate of drug-likeness (QED) is 0.177. The first-order chi connectivity index (χ1) is 21.4. The molecule has 0 aliphatic heterocycles. The number of carbonyl (C=O) groups excluding carboxylic acids is 1. The maximum absolute atomic E-state index is 14.0. The molecule has 0 spiro atoms. The van der Waals surface area contributed by atoms with Crippen molar-refractivity contribution >= 4 is 17.4 Å². The fourth-order valence-corrected chi connectivity index (χ4v) is 5.59. The van der Waals surface area contributed by atoms with Crippen LogP contribution in [0.15, 0.2) is 83.4 Å². The molecule has 2 amide bonds. The molecule has 45 heavy (non-hydrogen) atoms. The summed E-state index contributed by atoms with van der Waals surface area (Å²) in [5.74, 6) is -0.143. The molecule has 2 heterocycles. The van der Waals surface area contributed by atoms with Crippen molar-refractivity contribution < 1.29 is 27.1 Å². The average Bonchev–Trinajstić information content (AvgIpc) is 3.63. The summed E-state index contributed by atoms with van der Waals surface area (Å²) in [6, 6.07) is 17.1. The molecule has 0 radical (unpaired) electrons. The van der Waals surface area contributed by atoms with Crippen molar-refractivity contribution in [2.24, 2.45) is 4.99 Å². The summed E-state index contributed by atoms with van der Waals surface area (Å²) in [6.07, 6.45) is -3.29. The number of rotatable bonds is 8. The van der Waals surface area contributed by atoms with Crippen LogP contribution in [0.2, 0.25) is 0 Å². The highest BCUT2D eigenvalue weighted by Gasteiger charge is 2.31. The highest BCUT2D eigenvalue weighted by molar-refractivity contribution is 7.07. The van der Waals surface area contributed by atoms with Crippen LogP contribution in [0, 0.1) is 12.7 Å². The fraction of sp³-hybridized carbons (Fsp3) is 0.250. The molecule has 5 aromatic rings. The Balaban J connectivity index is 1.23. The number of nitrogens with zero attached hydrogens (tertiary/aromatic N) is 5. The van der Waals surface area contributed by atoms with Gasteiger partial charge in [-0.05, 0) is 72.4 Å². The molecule has 13 heteroatoms. The van der Waals surface area contributed by atoms with Crippen LogP contribution < -0.4 is 14.9 Å². The smallest absolute Gasteiger partial charge is 0.406 e. The number of hydrogen-bond acceptors (Lipinski definition) is 5. The Morgan fingerprint density at radius 1 is 1.04 bits per heavy atom. The van der Waals surface area contributed by atoms with Gasteiger partial charge in [0.1, 0.15) is 17.9 Å². The van der Waals surface area contributed by atoms with E-state index in [-0.39, 0.29) is 23.4 Å². The van der Waals surface area contributed by atoms with E-state index in [2.05, 4.69) is 25.1 Å². The number of carbonyl (C=O) groups is 1. The second kappa shape index (κ2) is 13.1. The molecule has 2 aromatic heterocycles. The zero-order valence-corrected chi connectivity index (χ0v) is 25.7. The van der Waals surface area contributed by atoms with E-state index in [1.54, 1.807) is 6.07 Å². The molecule has 5 rings (SSSR count). The van der Waals surface area contributed by atoms with E-state index >= 15 is 0 Å². The SMILES string of the molecule is Cc1csc(=NC(=O)NCC(C)c2ccc(-c3ncn(-c4ccc(OC(F)(F)F)cc4)n3)cc2)n1-c1ccc(F)cc1C(C)C. The number of ether oxygens (including phenoxy) is 1. The molecule has 0 aliphatic carbocycles. The van der Waals surface area contributed by atoms with Gasteiger partial charge in [0.2, 0.25) is 0 Å². The average molecular weight is 639 g/mol. The summed E-state index contributed by atoms with van der Waals surface area (Å²) in [4.78, 5) is 22.0. The van der Waals surface area contributed by atoms with E-state index in [4.69, 9.17) is 0 Å². The normalized spacial score (nSPS) is 12.9. The number of aromatic nitrogens is 4. The standard InChI is InChI=1S/C32H30F4N6O2S/c1-19(2)27-15-24(33)9-14-28(27)42-21(4)17-45-31(42)39-30(43)37-16-20(3)22-5-7-23(8-6-22)29-38-18-41(40-29)25-10-12-26(13-11-25)44-32(34,35)36/h5-15,17-20H,16H2,1-4H3,(H,37,43). The second-order valence-electron chi connectivity index (χ2n) is 10.7. The van der Waals surface area contributed by atoms with Gasteiger partial charge in [-0.3, -0.25) is 4.57 Å². The zero-order valence-electron chi connectivity index (χ0n) is 24.8. The minimum absolute atomic E-state index is 0.0250. The Hall–Kier alpha value is -4.78. The number of nitrogens with one attached hydrogen (secondary N) is 1. The molecular formula is C32H30F4N6O2S. The van der Waals surface area contributed by atoms with Crippen molar-refractivity contribution in [3.05, 3.63) is 106 Å². The molecule has 3 aromatic carbocycles. The number of alkyl halides is 3. The van der Waals surface area contributed by atoms with Gasteiger partial charge >= 0.3 is 12.4 Å². The highest BCUT2D eigenvalue weighted by Crippen LogP contribution is 2.26. The Labute approximate surface area is 260 Å². The molecule has 0 saturated carbocycles. The van der Waals surface area contributed by atoms with Crippen molar-refractivity contribution in [2.75, 3.05) is 6.54 Å². The lowest BCUT2D eigenvalue weighted by molar-refractivity contribution is -0.274. The van der Waals surface area contributed by atoms with E-state index in [1.807, 2.05) is 61.9 Å². The lowest BCUT2D eigenvalue weighted by atomic mass is 10.00. The zero-order chi connectivity index (χ0) is 32.3. The van der Waals surface area contributed by atoms with Gasteiger partial charge in [-0.25, -0.2) is 18.9 Å². The number of halogens is 4. The second-order valence-corrected chi connectivity index (χ2v) is 11.6. The largest absolute Gasteiger partial charge is 0.573 e. The number of amides is 2. The molecule has 0 bridgehead atoms. The molecule has 0 fully saturated rings. The molecule has 8 nitrogen and oxygen atoms in total. The van der Waals surface area contributed by atoms with Crippen LogP contribution >= 0.6 is 11.3 Å². The molecule has 234 valence electrons. The molecule has 1 N–H and O–H groups in total. The van der Waals surface area contributed by atoms with Crippen molar-refractivity contribution in [1.29, 1.82) is 0 Å². The number of aryl methyl sites for hydroxylation is 1. The highest BCUT2D eigenvalue weighted by atomic mass is 32.1. The summed E-state index contributed by atoms with van der Waals surface area (Å²) in [5, 5.41) is 9.22. The van der Waals surface area contributed by atoms with Crippen molar-refractivity contribution in [3.8, 4) is 28.5 Å². The van der Waals surface area contributed by atoms with Crippen LogP contribution in [0.4, 0.5) is 22.4 Å². The third-order valence-corrected chi connectivity index (χ3v) is 8.00. The van der Waals surface area contributed by atoms with Gasteiger partial charge in [-0.1, -0.05) is 45.0 Å². The van der Waals surface area contributed by atoms with Crippen LogP contribution in [0.5, 0.6) is 5.75 Å². The van der Waals surface area contributed by atoms with Crippen molar-refractivity contribution in [1.82, 2.24) is 24.6 Å². The lowest BCUT2D eigenvalue weighted by Gasteiger charge is -2.15. The maximum Gasteiger partial charge on any atom is 0.573 e. The van der Waals surface area contributed by atoms with Crippen molar-refractivity contribution in [3.63, 3.8) is 0 Å². The fourth-order valence-electron chi connectivity index (χ4n) is 4.72. The van der Waals surface area contributed by atoms with E-state index in [0.717, 1.165) is 28.1 Å². The monoisotopic (exact) mass is 638 g/mol. The lowest BCUT2D eigenvalue weighted by Crippen LogP contribution is -2.28. The topological polar surface area (TPSA) is 86.3 Å².